The number of β-amino-alcohol motifs (C(OH)–C–C–N with tert-alkyl or cyclic N) is 1. The van der Waals surface area contributed by atoms with Crippen LogP contribution in [0.15, 0.2) is 60.7 Å². The Labute approximate surface area is 181 Å². The van der Waals surface area contributed by atoms with Gasteiger partial charge >= 0.3 is 0 Å². The predicted molar refractivity (Wildman–Crippen MR) is 122 cm³/mol. The molecule has 1 amide bonds. The molecule has 3 rings (SSSR count). The molecular formula is C26H36N2O2. The second kappa shape index (κ2) is 9.76. The zero-order valence-corrected chi connectivity index (χ0v) is 18.8. The highest BCUT2D eigenvalue weighted by Gasteiger charge is 2.40. The number of likely N-dealkylation sites (tertiary alicyclic amines) is 1. The lowest BCUT2D eigenvalue weighted by Crippen LogP contribution is -2.50. The maximum absolute atomic E-state index is 13.9. The SMILES string of the molecule is CC(C)CC(CN(C)C(=O)C(C)(c1ccccc1)c1ccccc1)N1CC[C@H](O)C1. The Morgan fingerprint density at radius 3 is 2.07 bits per heavy atom. The molecule has 4 heteroatoms. The minimum absolute atomic E-state index is 0.105. The van der Waals surface area contributed by atoms with Crippen LogP contribution >= 0.6 is 0 Å². The van der Waals surface area contributed by atoms with E-state index in [0.29, 0.717) is 19.0 Å². The first-order chi connectivity index (χ1) is 14.3. The predicted octanol–water partition coefficient (Wildman–Crippen LogP) is 3.93. The van der Waals surface area contributed by atoms with Crippen LogP contribution in [0.1, 0.15) is 44.7 Å². The van der Waals surface area contributed by atoms with E-state index in [1.54, 1.807) is 0 Å². The third-order valence-electron chi connectivity index (χ3n) is 6.42. The van der Waals surface area contributed by atoms with Crippen LogP contribution in [0.5, 0.6) is 0 Å². The summed E-state index contributed by atoms with van der Waals surface area (Å²) >= 11 is 0. The summed E-state index contributed by atoms with van der Waals surface area (Å²) in [4.78, 5) is 18.2. The molecule has 1 aliphatic rings. The van der Waals surface area contributed by atoms with Gasteiger partial charge in [-0.15, -0.1) is 0 Å². The molecule has 2 aromatic carbocycles. The smallest absolute Gasteiger partial charge is 0.237 e. The quantitative estimate of drug-likeness (QED) is 0.720. The van der Waals surface area contributed by atoms with Gasteiger partial charge in [-0.05, 0) is 36.8 Å². The van der Waals surface area contributed by atoms with E-state index in [9.17, 15) is 9.90 Å². The summed E-state index contributed by atoms with van der Waals surface area (Å²) < 4.78 is 0. The summed E-state index contributed by atoms with van der Waals surface area (Å²) in [5.74, 6) is 0.638. The van der Waals surface area contributed by atoms with Gasteiger partial charge in [0.05, 0.1) is 11.5 Å². The van der Waals surface area contributed by atoms with Crippen LogP contribution in [0.25, 0.3) is 0 Å². The molecule has 1 aliphatic heterocycles. The molecule has 0 aliphatic carbocycles. The molecule has 0 radical (unpaired) electrons. The van der Waals surface area contributed by atoms with Crippen LogP contribution in [-0.4, -0.2) is 59.6 Å². The van der Waals surface area contributed by atoms with E-state index in [1.165, 1.54) is 0 Å². The van der Waals surface area contributed by atoms with Gasteiger partial charge in [0.2, 0.25) is 5.91 Å². The molecule has 1 unspecified atom stereocenters. The number of carbonyl (C=O) groups is 1. The Kier molecular flexibility index (Phi) is 7.32. The first-order valence-electron chi connectivity index (χ1n) is 11.1. The number of rotatable bonds is 8. The van der Waals surface area contributed by atoms with E-state index in [0.717, 1.165) is 30.5 Å². The number of hydrogen-bond donors (Lipinski definition) is 1. The number of aliphatic hydroxyl groups is 1. The third-order valence-corrected chi connectivity index (χ3v) is 6.42. The fourth-order valence-electron chi connectivity index (χ4n) is 4.72. The first kappa shape index (κ1) is 22.5. The monoisotopic (exact) mass is 408 g/mol. The molecule has 1 saturated heterocycles. The second-order valence-electron chi connectivity index (χ2n) is 9.26. The molecule has 0 bridgehead atoms. The van der Waals surface area contributed by atoms with Gasteiger partial charge in [-0.3, -0.25) is 9.69 Å². The highest BCUT2D eigenvalue weighted by atomic mass is 16.3. The Bertz CT molecular complexity index is 767. The molecule has 30 heavy (non-hydrogen) atoms. The van der Waals surface area contributed by atoms with Gasteiger partial charge in [-0.25, -0.2) is 0 Å². The Balaban J connectivity index is 1.88. The molecule has 4 nitrogen and oxygen atoms in total. The van der Waals surface area contributed by atoms with Crippen molar-refractivity contribution in [2.24, 2.45) is 5.92 Å². The molecule has 0 saturated carbocycles. The molecular weight excluding hydrogens is 372 g/mol. The first-order valence-corrected chi connectivity index (χ1v) is 11.1. The molecule has 2 aromatic rings. The van der Waals surface area contributed by atoms with Gasteiger partial charge in [-0.1, -0.05) is 74.5 Å². The zero-order valence-electron chi connectivity index (χ0n) is 18.8. The van der Waals surface area contributed by atoms with Gasteiger partial charge in [0.25, 0.3) is 0 Å². The number of hydrogen-bond acceptors (Lipinski definition) is 3. The minimum atomic E-state index is -0.746. The molecule has 1 fully saturated rings. The third kappa shape index (κ3) is 4.93. The largest absolute Gasteiger partial charge is 0.392 e. The van der Waals surface area contributed by atoms with Crippen molar-refractivity contribution in [1.82, 2.24) is 9.80 Å². The number of carbonyl (C=O) groups excluding carboxylic acids is 1. The van der Waals surface area contributed by atoms with Gasteiger partial charge < -0.3 is 10.0 Å². The van der Waals surface area contributed by atoms with Crippen molar-refractivity contribution in [3.8, 4) is 0 Å². The van der Waals surface area contributed by atoms with E-state index in [4.69, 9.17) is 0 Å². The van der Waals surface area contributed by atoms with Gasteiger partial charge in [0, 0.05) is 32.7 Å². The van der Waals surface area contributed by atoms with Gasteiger partial charge in [-0.2, -0.15) is 0 Å². The summed E-state index contributed by atoms with van der Waals surface area (Å²) in [5.41, 5.74) is 1.26. The molecule has 0 spiro atoms. The van der Waals surface area contributed by atoms with E-state index in [2.05, 4.69) is 18.7 Å². The molecule has 1 heterocycles. The molecule has 162 valence electrons. The molecule has 2 atom stereocenters. The van der Waals surface area contributed by atoms with E-state index >= 15 is 0 Å². The minimum Gasteiger partial charge on any atom is -0.392 e. The fourth-order valence-corrected chi connectivity index (χ4v) is 4.72. The molecule has 1 N–H and O–H groups in total. The Morgan fingerprint density at radius 1 is 1.10 bits per heavy atom. The van der Waals surface area contributed by atoms with E-state index < -0.39 is 5.41 Å². The van der Waals surface area contributed by atoms with Crippen LogP contribution in [0.2, 0.25) is 0 Å². The van der Waals surface area contributed by atoms with Crippen LogP contribution in [0.4, 0.5) is 0 Å². The van der Waals surface area contributed by atoms with Crippen molar-refractivity contribution in [3.05, 3.63) is 71.8 Å². The van der Waals surface area contributed by atoms with Crippen molar-refractivity contribution < 1.29 is 9.90 Å². The van der Waals surface area contributed by atoms with Crippen molar-refractivity contribution in [1.29, 1.82) is 0 Å². The van der Waals surface area contributed by atoms with Crippen LogP contribution in [0.3, 0.4) is 0 Å². The maximum Gasteiger partial charge on any atom is 0.237 e. The zero-order chi connectivity index (χ0) is 21.7. The highest BCUT2D eigenvalue weighted by molar-refractivity contribution is 5.91. The second-order valence-corrected chi connectivity index (χ2v) is 9.26. The van der Waals surface area contributed by atoms with Crippen molar-refractivity contribution in [2.75, 3.05) is 26.7 Å². The standard InChI is InChI=1S/C26H36N2O2/c1-20(2)17-23(28-16-15-24(29)19-28)18-27(4)25(30)26(3,21-11-7-5-8-12-21)22-13-9-6-10-14-22/h5-14,20,23-24,29H,15-19H2,1-4H3/t23?,24-/m0/s1. The lowest BCUT2D eigenvalue weighted by Gasteiger charge is -2.37. The lowest BCUT2D eigenvalue weighted by molar-refractivity contribution is -0.134. The van der Waals surface area contributed by atoms with Gasteiger partial charge in [0.1, 0.15) is 0 Å². The van der Waals surface area contributed by atoms with Gasteiger partial charge in [0.15, 0.2) is 0 Å². The lowest BCUT2D eigenvalue weighted by atomic mass is 9.75. The summed E-state index contributed by atoms with van der Waals surface area (Å²) in [6.45, 7) is 8.74. The number of amides is 1. The van der Waals surface area contributed by atoms with Crippen LogP contribution in [-0.2, 0) is 10.2 Å². The Hall–Kier alpha value is -2.17. The van der Waals surface area contributed by atoms with E-state index in [1.807, 2.05) is 79.5 Å². The summed E-state index contributed by atoms with van der Waals surface area (Å²) in [7, 11) is 1.92. The average Bonchev–Trinajstić information content (AvgIpc) is 3.19. The van der Waals surface area contributed by atoms with E-state index in [-0.39, 0.29) is 18.1 Å². The topological polar surface area (TPSA) is 43.8 Å². The van der Waals surface area contributed by atoms with Crippen molar-refractivity contribution in [3.63, 3.8) is 0 Å². The summed E-state index contributed by atoms with van der Waals surface area (Å²) in [5, 5.41) is 10.0. The van der Waals surface area contributed by atoms with Crippen LogP contribution in [0, 0.1) is 5.92 Å². The Morgan fingerprint density at radius 2 is 1.63 bits per heavy atom. The number of aliphatic hydroxyl groups excluding tert-OH is 1. The normalized spacial score (nSPS) is 18.5. The van der Waals surface area contributed by atoms with Crippen molar-refractivity contribution >= 4 is 5.91 Å². The maximum atomic E-state index is 13.9. The highest BCUT2D eigenvalue weighted by Crippen LogP contribution is 2.34. The van der Waals surface area contributed by atoms with Crippen LogP contribution < -0.4 is 0 Å². The average molecular weight is 409 g/mol. The summed E-state index contributed by atoms with van der Waals surface area (Å²) in [6.07, 6.45) is 1.58. The van der Waals surface area contributed by atoms with Crippen molar-refractivity contribution in [2.45, 2.75) is 51.2 Å². The molecule has 0 aromatic heterocycles. The number of nitrogens with zero attached hydrogens (tertiary/aromatic N) is 2. The summed E-state index contributed by atoms with van der Waals surface area (Å²) in [6, 6.07) is 20.4. The fraction of sp³-hybridized carbons (Fsp3) is 0.500. The number of likely N-dealkylation sites (N-methyl/N-ethyl adjacent to an activating group) is 1. The number of benzene rings is 2.